The quantitative estimate of drug-likeness (QED) is 0.143. The number of hydrogen-bond acceptors (Lipinski definition) is 5. The molecule has 1 N–H and O–H groups in total. The first kappa shape index (κ1) is 29.0. The number of furan rings is 1. The summed E-state index contributed by atoms with van der Waals surface area (Å²) in [6.45, 7) is 2.97. The third-order valence-corrected chi connectivity index (χ3v) is 9.09. The number of pyridine rings is 1. The van der Waals surface area contributed by atoms with Crippen LogP contribution in [0.4, 0.5) is 4.39 Å². The van der Waals surface area contributed by atoms with Crippen molar-refractivity contribution in [2.45, 2.75) is 50.9 Å². The Morgan fingerprint density at radius 1 is 0.978 bits per heavy atom. The lowest BCUT2D eigenvalue weighted by Crippen LogP contribution is -2.31. The topological polar surface area (TPSA) is 78.1 Å². The normalized spacial score (nSPS) is 16.0. The summed E-state index contributed by atoms with van der Waals surface area (Å²) in [5, 5.41) is 11.8. The highest BCUT2D eigenvalue weighted by molar-refractivity contribution is 6.04. The van der Waals surface area contributed by atoms with Crippen molar-refractivity contribution in [1.29, 1.82) is 5.26 Å². The van der Waals surface area contributed by atoms with Gasteiger partial charge >= 0.3 is 0 Å². The molecular weight excluding hydrogens is 563 g/mol. The molecule has 45 heavy (non-hydrogen) atoms. The molecule has 1 unspecified atom stereocenters. The van der Waals surface area contributed by atoms with Crippen LogP contribution < -0.4 is 0 Å². The zero-order valence-electron chi connectivity index (χ0n) is 25.1. The van der Waals surface area contributed by atoms with E-state index >= 15 is 0 Å². The summed E-state index contributed by atoms with van der Waals surface area (Å²) < 4.78 is 26.2. The predicted molar refractivity (Wildman–Crippen MR) is 173 cm³/mol. The summed E-state index contributed by atoms with van der Waals surface area (Å²) in [7, 11) is 0. The van der Waals surface area contributed by atoms with E-state index < -0.39 is 5.60 Å². The number of ether oxygens (including phenoxy) is 1. The third kappa shape index (κ3) is 5.87. The van der Waals surface area contributed by atoms with Gasteiger partial charge in [0.25, 0.3) is 0 Å². The smallest absolute Gasteiger partial charge is 0.123 e. The van der Waals surface area contributed by atoms with Gasteiger partial charge in [-0.05, 0) is 110 Å². The SMILES string of the molecule is N#Cc1ccc2c(c1)COC2(CCCN(CCCCc1cnc2c1ccc1ccc[nH]c12)Cc1ccco1)c1ccc(F)cc1. The summed E-state index contributed by atoms with van der Waals surface area (Å²) in [5.41, 5.74) is 6.37. The molecule has 6 nitrogen and oxygen atoms in total. The molecular formula is C38H35FN4O2. The molecule has 0 aliphatic carbocycles. The fourth-order valence-electron chi connectivity index (χ4n) is 6.84. The van der Waals surface area contributed by atoms with E-state index in [1.165, 1.54) is 28.5 Å². The van der Waals surface area contributed by atoms with Gasteiger partial charge in [0.1, 0.15) is 17.2 Å². The van der Waals surface area contributed by atoms with Crippen LogP contribution in [0, 0.1) is 17.1 Å². The van der Waals surface area contributed by atoms with Gasteiger partial charge in [-0.2, -0.15) is 5.26 Å². The van der Waals surface area contributed by atoms with Crippen LogP contribution in [0.5, 0.6) is 0 Å². The van der Waals surface area contributed by atoms with E-state index in [0.717, 1.165) is 85.2 Å². The van der Waals surface area contributed by atoms with Gasteiger partial charge in [0.15, 0.2) is 0 Å². The monoisotopic (exact) mass is 598 g/mol. The Morgan fingerprint density at radius 2 is 1.87 bits per heavy atom. The first-order valence-electron chi connectivity index (χ1n) is 15.6. The minimum atomic E-state index is -0.680. The molecule has 0 fully saturated rings. The molecule has 7 rings (SSSR count). The van der Waals surface area contributed by atoms with Gasteiger partial charge in [0, 0.05) is 23.2 Å². The van der Waals surface area contributed by atoms with Crippen LogP contribution in [0.15, 0.2) is 102 Å². The van der Waals surface area contributed by atoms with Gasteiger partial charge in [-0.1, -0.05) is 36.4 Å². The number of H-pyrrole nitrogens is 1. The van der Waals surface area contributed by atoms with Crippen LogP contribution in [0.25, 0.3) is 21.8 Å². The van der Waals surface area contributed by atoms with Gasteiger partial charge in [-0.25, -0.2) is 4.39 Å². The Kier molecular flexibility index (Phi) is 8.17. The van der Waals surface area contributed by atoms with E-state index in [1.807, 2.05) is 60.9 Å². The lowest BCUT2D eigenvalue weighted by Gasteiger charge is -2.32. The number of nitrogens with one attached hydrogen (secondary N) is 1. The second kappa shape index (κ2) is 12.7. The van der Waals surface area contributed by atoms with Crippen molar-refractivity contribution < 1.29 is 13.5 Å². The van der Waals surface area contributed by atoms with Gasteiger partial charge in [-0.15, -0.1) is 0 Å². The molecule has 1 aliphatic heterocycles. The molecule has 0 amide bonds. The standard InChI is InChI=1S/C38H35FN4O2/c39-32-13-11-31(12-14-32)38(35-16-9-27(23-40)22-30(35)26-45-38)17-5-20-43(25-33-8-4-21-44-33)19-2-1-6-29-24-42-37-34(29)15-10-28-7-3-18-41-36(28)37/h3-4,7-16,18,21-22,24,41H,1-2,5-6,17,19-20,25-26H2. The van der Waals surface area contributed by atoms with Gasteiger partial charge < -0.3 is 14.1 Å². The van der Waals surface area contributed by atoms with Crippen molar-refractivity contribution in [3.63, 3.8) is 0 Å². The third-order valence-electron chi connectivity index (χ3n) is 9.09. The molecule has 1 aliphatic rings. The Morgan fingerprint density at radius 3 is 2.71 bits per heavy atom. The summed E-state index contributed by atoms with van der Waals surface area (Å²) >= 11 is 0. The lowest BCUT2D eigenvalue weighted by molar-refractivity contribution is -0.0148. The first-order valence-corrected chi connectivity index (χ1v) is 15.6. The largest absolute Gasteiger partial charge is 0.468 e. The molecule has 0 saturated carbocycles. The highest BCUT2D eigenvalue weighted by Gasteiger charge is 2.41. The summed E-state index contributed by atoms with van der Waals surface area (Å²) in [4.78, 5) is 10.6. The zero-order chi connectivity index (χ0) is 30.6. The highest BCUT2D eigenvalue weighted by atomic mass is 19.1. The lowest BCUT2D eigenvalue weighted by atomic mass is 9.81. The number of benzene rings is 3. The van der Waals surface area contributed by atoms with Gasteiger partial charge in [0.05, 0.1) is 42.1 Å². The van der Waals surface area contributed by atoms with Crippen LogP contribution in [-0.4, -0.2) is 28.0 Å². The van der Waals surface area contributed by atoms with Crippen LogP contribution in [0.2, 0.25) is 0 Å². The van der Waals surface area contributed by atoms with E-state index in [0.29, 0.717) is 12.2 Å². The van der Waals surface area contributed by atoms with Crippen LogP contribution in [-0.2, 0) is 29.9 Å². The number of hydrogen-bond donors (Lipinski definition) is 1. The number of halogens is 1. The maximum Gasteiger partial charge on any atom is 0.123 e. The Hall–Kier alpha value is -4.77. The molecule has 0 radical (unpaired) electrons. The molecule has 6 aromatic rings. The number of rotatable bonds is 12. The van der Waals surface area contributed by atoms with Crippen LogP contribution in [0.1, 0.15) is 59.3 Å². The molecule has 0 saturated heterocycles. The number of aryl methyl sites for hydroxylation is 1. The number of nitriles is 1. The second-order valence-electron chi connectivity index (χ2n) is 11.9. The maximum atomic E-state index is 13.9. The molecule has 3 aromatic heterocycles. The fraction of sp³-hybridized carbons (Fsp3) is 0.263. The zero-order valence-corrected chi connectivity index (χ0v) is 25.1. The molecule has 7 heteroatoms. The highest BCUT2D eigenvalue weighted by Crippen LogP contribution is 2.45. The van der Waals surface area contributed by atoms with Crippen molar-refractivity contribution in [2.75, 3.05) is 13.1 Å². The minimum Gasteiger partial charge on any atom is -0.468 e. The fourth-order valence-corrected chi connectivity index (χ4v) is 6.84. The number of nitrogens with zero attached hydrogens (tertiary/aromatic N) is 3. The average molecular weight is 599 g/mol. The molecule has 4 heterocycles. The summed E-state index contributed by atoms with van der Waals surface area (Å²) in [6, 6.07) is 27.1. The average Bonchev–Trinajstić information content (AvgIpc) is 3.83. The van der Waals surface area contributed by atoms with Crippen LogP contribution in [0.3, 0.4) is 0 Å². The van der Waals surface area contributed by atoms with Crippen molar-refractivity contribution in [2.24, 2.45) is 0 Å². The van der Waals surface area contributed by atoms with Crippen molar-refractivity contribution in [3.8, 4) is 6.07 Å². The Labute approximate surface area is 262 Å². The Balaban J connectivity index is 1.03. The minimum absolute atomic E-state index is 0.270. The van der Waals surface area contributed by atoms with E-state index in [-0.39, 0.29) is 5.82 Å². The van der Waals surface area contributed by atoms with Gasteiger partial charge in [-0.3, -0.25) is 9.88 Å². The van der Waals surface area contributed by atoms with E-state index in [9.17, 15) is 9.65 Å². The number of aromatic nitrogens is 2. The molecule has 226 valence electrons. The maximum absolute atomic E-state index is 13.9. The van der Waals surface area contributed by atoms with Crippen molar-refractivity contribution in [3.05, 3.63) is 137 Å². The second-order valence-corrected chi connectivity index (χ2v) is 11.9. The number of unbranched alkanes of at least 4 members (excludes halogenated alkanes) is 1. The predicted octanol–water partition coefficient (Wildman–Crippen LogP) is 8.40. The number of aromatic amines is 1. The van der Waals surface area contributed by atoms with Crippen LogP contribution >= 0.6 is 0 Å². The molecule has 0 spiro atoms. The molecule has 3 aromatic carbocycles. The molecule has 0 bridgehead atoms. The Bertz CT molecular complexity index is 1960. The summed E-state index contributed by atoms with van der Waals surface area (Å²) in [5.74, 6) is 0.679. The van der Waals surface area contributed by atoms with E-state index in [1.54, 1.807) is 6.26 Å². The van der Waals surface area contributed by atoms with Gasteiger partial charge in [0.2, 0.25) is 0 Å². The summed E-state index contributed by atoms with van der Waals surface area (Å²) in [6.07, 6.45) is 10.4. The van der Waals surface area contributed by atoms with E-state index in [2.05, 4.69) is 34.2 Å². The van der Waals surface area contributed by atoms with Crippen molar-refractivity contribution in [1.82, 2.24) is 14.9 Å². The van der Waals surface area contributed by atoms with Crippen molar-refractivity contribution >= 4 is 21.8 Å². The first-order chi connectivity index (χ1) is 22.1. The number of fused-ring (bicyclic) bond motifs is 4. The van der Waals surface area contributed by atoms with E-state index in [4.69, 9.17) is 14.1 Å². The molecule has 1 atom stereocenters.